The maximum Gasteiger partial charge on any atom is 0.416 e. The molecule has 0 unspecified atom stereocenters. The van der Waals surface area contributed by atoms with Crippen molar-refractivity contribution < 1.29 is 18.0 Å². The summed E-state index contributed by atoms with van der Waals surface area (Å²) in [5, 5.41) is 0. The number of aliphatic imine (C=N–C) groups is 1. The smallest absolute Gasteiger partial charge is 0.211 e. The molecule has 1 aliphatic rings. The Morgan fingerprint density at radius 2 is 1.83 bits per heavy atom. The lowest BCUT2D eigenvalue weighted by Gasteiger charge is -2.42. The van der Waals surface area contributed by atoms with E-state index in [1.54, 1.807) is 0 Å². The SMILES string of the molecule is CC1CC(N=C=O)(c2ccc(C(F)(F)F)cc2)C1. The van der Waals surface area contributed by atoms with Gasteiger partial charge < -0.3 is 0 Å². The van der Waals surface area contributed by atoms with Gasteiger partial charge in [-0.2, -0.15) is 18.2 Å². The second-order valence-electron chi connectivity index (χ2n) is 4.82. The fourth-order valence-corrected chi connectivity index (χ4v) is 2.54. The second-order valence-corrected chi connectivity index (χ2v) is 4.82. The van der Waals surface area contributed by atoms with Crippen molar-refractivity contribution in [1.82, 2.24) is 0 Å². The van der Waals surface area contributed by atoms with E-state index in [-0.39, 0.29) is 0 Å². The maximum absolute atomic E-state index is 12.4. The molecule has 2 rings (SSSR count). The van der Waals surface area contributed by atoms with Gasteiger partial charge in [-0.25, -0.2) is 4.79 Å². The van der Waals surface area contributed by atoms with E-state index in [9.17, 15) is 18.0 Å². The molecule has 0 radical (unpaired) electrons. The van der Waals surface area contributed by atoms with Gasteiger partial charge in [-0.05, 0) is 36.5 Å². The van der Waals surface area contributed by atoms with Crippen LogP contribution < -0.4 is 0 Å². The highest BCUT2D eigenvalue weighted by atomic mass is 19.4. The standard InChI is InChI=1S/C13H12F3NO/c1-9-6-12(7-9,17-8-18)10-2-4-11(5-3-10)13(14,15)16/h2-5,9H,6-7H2,1H3. The number of nitrogens with zero attached hydrogens (tertiary/aromatic N) is 1. The summed E-state index contributed by atoms with van der Waals surface area (Å²) < 4.78 is 37.3. The minimum absolute atomic E-state index is 0.421. The van der Waals surface area contributed by atoms with Gasteiger partial charge in [-0.1, -0.05) is 19.1 Å². The summed E-state index contributed by atoms with van der Waals surface area (Å²) in [6, 6.07) is 4.85. The lowest BCUT2D eigenvalue weighted by Crippen LogP contribution is -2.38. The number of benzene rings is 1. The van der Waals surface area contributed by atoms with Crippen molar-refractivity contribution in [2.45, 2.75) is 31.5 Å². The molecule has 1 fully saturated rings. The van der Waals surface area contributed by atoms with Gasteiger partial charge in [-0.3, -0.25) is 0 Å². The molecule has 5 heteroatoms. The number of hydrogen-bond donors (Lipinski definition) is 0. The molecule has 0 atom stereocenters. The highest BCUT2D eigenvalue weighted by Gasteiger charge is 2.44. The first-order valence-electron chi connectivity index (χ1n) is 5.64. The summed E-state index contributed by atoms with van der Waals surface area (Å²) in [4.78, 5) is 14.2. The van der Waals surface area contributed by atoms with Gasteiger partial charge in [-0.15, -0.1) is 0 Å². The van der Waals surface area contributed by atoms with Crippen molar-refractivity contribution >= 4 is 6.08 Å². The molecule has 0 bridgehead atoms. The van der Waals surface area contributed by atoms with Crippen LogP contribution in [-0.2, 0) is 16.5 Å². The fraction of sp³-hybridized carbons (Fsp3) is 0.462. The quantitative estimate of drug-likeness (QED) is 0.585. The van der Waals surface area contributed by atoms with E-state index in [4.69, 9.17) is 0 Å². The number of alkyl halides is 3. The third-order valence-electron chi connectivity index (χ3n) is 3.38. The fourth-order valence-electron chi connectivity index (χ4n) is 2.54. The van der Waals surface area contributed by atoms with Gasteiger partial charge in [0.25, 0.3) is 0 Å². The summed E-state index contributed by atoms with van der Waals surface area (Å²) in [7, 11) is 0. The Morgan fingerprint density at radius 3 is 2.22 bits per heavy atom. The second kappa shape index (κ2) is 4.25. The number of hydrogen-bond acceptors (Lipinski definition) is 2. The molecule has 1 aliphatic carbocycles. The van der Waals surface area contributed by atoms with E-state index in [0.717, 1.165) is 12.1 Å². The van der Waals surface area contributed by atoms with E-state index in [2.05, 4.69) is 4.99 Å². The van der Waals surface area contributed by atoms with E-state index in [0.29, 0.717) is 24.3 Å². The van der Waals surface area contributed by atoms with Crippen molar-refractivity contribution in [3.05, 3.63) is 35.4 Å². The van der Waals surface area contributed by atoms with Crippen molar-refractivity contribution in [2.75, 3.05) is 0 Å². The van der Waals surface area contributed by atoms with Crippen LogP contribution in [0.4, 0.5) is 13.2 Å². The summed E-state index contributed by atoms with van der Waals surface area (Å²) in [6.07, 6.45) is -1.47. The predicted molar refractivity (Wildman–Crippen MR) is 59.6 cm³/mol. The average molecular weight is 255 g/mol. The highest BCUT2D eigenvalue weighted by Crippen LogP contribution is 2.48. The zero-order valence-electron chi connectivity index (χ0n) is 9.79. The summed E-state index contributed by atoms with van der Waals surface area (Å²) >= 11 is 0. The third kappa shape index (κ3) is 2.18. The first kappa shape index (κ1) is 12.8. The molecular formula is C13H12F3NO. The van der Waals surface area contributed by atoms with Crippen LogP contribution in [0.1, 0.15) is 30.9 Å². The normalized spacial score (nSPS) is 27.2. The number of isocyanates is 1. The summed E-state index contributed by atoms with van der Waals surface area (Å²) in [6.45, 7) is 2.02. The van der Waals surface area contributed by atoms with Crippen LogP contribution in [0.5, 0.6) is 0 Å². The van der Waals surface area contributed by atoms with E-state index in [1.807, 2.05) is 6.92 Å². The number of carbonyl (C=O) groups excluding carboxylic acids is 1. The summed E-state index contributed by atoms with van der Waals surface area (Å²) in [5.74, 6) is 0.421. The average Bonchev–Trinajstić information content (AvgIpc) is 2.26. The monoisotopic (exact) mass is 255 g/mol. The lowest BCUT2D eigenvalue weighted by molar-refractivity contribution is -0.137. The molecule has 18 heavy (non-hydrogen) atoms. The van der Waals surface area contributed by atoms with Crippen molar-refractivity contribution in [3.8, 4) is 0 Å². The predicted octanol–water partition coefficient (Wildman–Crippen LogP) is 3.67. The highest BCUT2D eigenvalue weighted by molar-refractivity contribution is 5.40. The maximum atomic E-state index is 12.4. The minimum Gasteiger partial charge on any atom is -0.211 e. The Bertz CT molecular complexity index is 480. The summed E-state index contributed by atoms with van der Waals surface area (Å²) in [5.41, 5.74) is -0.702. The van der Waals surface area contributed by atoms with Gasteiger partial charge in [0.2, 0.25) is 6.08 Å². The number of halogens is 3. The zero-order chi connectivity index (χ0) is 13.4. The Hall–Kier alpha value is -1.61. The molecule has 0 amide bonds. The zero-order valence-corrected chi connectivity index (χ0v) is 9.79. The molecule has 0 aromatic heterocycles. The Labute approximate surface area is 103 Å². The topological polar surface area (TPSA) is 29.4 Å². The minimum atomic E-state index is -4.34. The Kier molecular flexibility index (Phi) is 3.03. The molecule has 96 valence electrons. The van der Waals surface area contributed by atoms with Crippen LogP contribution in [0, 0.1) is 5.92 Å². The molecule has 0 aliphatic heterocycles. The van der Waals surface area contributed by atoms with Crippen LogP contribution in [0.15, 0.2) is 29.3 Å². The van der Waals surface area contributed by atoms with Crippen LogP contribution >= 0.6 is 0 Å². The van der Waals surface area contributed by atoms with Crippen LogP contribution in [0.25, 0.3) is 0 Å². The van der Waals surface area contributed by atoms with E-state index >= 15 is 0 Å². The van der Waals surface area contributed by atoms with Gasteiger partial charge in [0, 0.05) is 0 Å². The van der Waals surface area contributed by atoms with Crippen molar-refractivity contribution in [3.63, 3.8) is 0 Å². The molecule has 1 aromatic carbocycles. The molecule has 0 heterocycles. The van der Waals surface area contributed by atoms with Crippen molar-refractivity contribution in [2.24, 2.45) is 10.9 Å². The van der Waals surface area contributed by atoms with Crippen LogP contribution in [0.3, 0.4) is 0 Å². The molecule has 1 aromatic rings. The van der Waals surface area contributed by atoms with Crippen LogP contribution in [-0.4, -0.2) is 6.08 Å². The molecule has 1 saturated carbocycles. The van der Waals surface area contributed by atoms with E-state index < -0.39 is 17.3 Å². The molecular weight excluding hydrogens is 243 g/mol. The molecule has 2 nitrogen and oxygen atoms in total. The van der Waals surface area contributed by atoms with E-state index in [1.165, 1.54) is 18.2 Å². The Morgan fingerprint density at radius 1 is 1.28 bits per heavy atom. The first-order valence-corrected chi connectivity index (χ1v) is 5.64. The van der Waals surface area contributed by atoms with Gasteiger partial charge in [0.1, 0.15) is 0 Å². The number of rotatable bonds is 2. The van der Waals surface area contributed by atoms with Crippen molar-refractivity contribution in [1.29, 1.82) is 0 Å². The molecule has 0 N–H and O–H groups in total. The van der Waals surface area contributed by atoms with Gasteiger partial charge >= 0.3 is 6.18 Å². The molecule has 0 spiro atoms. The van der Waals surface area contributed by atoms with Gasteiger partial charge in [0.15, 0.2) is 0 Å². The Balaban J connectivity index is 2.31. The lowest BCUT2D eigenvalue weighted by atomic mass is 9.66. The molecule has 0 saturated heterocycles. The van der Waals surface area contributed by atoms with Gasteiger partial charge in [0.05, 0.1) is 11.1 Å². The largest absolute Gasteiger partial charge is 0.416 e. The first-order chi connectivity index (χ1) is 8.37. The third-order valence-corrected chi connectivity index (χ3v) is 3.38. The van der Waals surface area contributed by atoms with Crippen LogP contribution in [0.2, 0.25) is 0 Å².